The molecule has 0 saturated carbocycles. The number of amides is 1. The molecule has 3 aromatic rings. The quantitative estimate of drug-likeness (QED) is 0.507. The predicted octanol–water partition coefficient (Wildman–Crippen LogP) is 3.53. The molecule has 25 heavy (non-hydrogen) atoms. The first-order valence-electron chi connectivity index (χ1n) is 8.00. The van der Waals surface area contributed by atoms with Gasteiger partial charge in [-0.15, -0.1) is 11.3 Å². The van der Waals surface area contributed by atoms with Crippen molar-refractivity contribution in [2.75, 3.05) is 11.4 Å². The summed E-state index contributed by atoms with van der Waals surface area (Å²) >= 11 is 2.70. The van der Waals surface area contributed by atoms with Crippen LogP contribution in [0.5, 0.6) is 0 Å². The van der Waals surface area contributed by atoms with E-state index in [1.165, 1.54) is 27.7 Å². The maximum Gasteiger partial charge on any atom is 0.271 e. The first-order valence-corrected chi connectivity index (χ1v) is 9.76. The van der Waals surface area contributed by atoms with Crippen molar-refractivity contribution < 1.29 is 4.79 Å². The molecule has 0 aliphatic rings. The van der Waals surface area contributed by atoms with Crippen molar-refractivity contribution in [1.29, 1.82) is 0 Å². The number of para-hydroxylation sites is 1. The van der Waals surface area contributed by atoms with E-state index in [1.54, 1.807) is 11.9 Å². The summed E-state index contributed by atoms with van der Waals surface area (Å²) in [6.07, 6.45) is 0. The SMILES string of the molecule is CCN(C(=O)C(C)Sc1nc2ccsc2c(=O)n1C)c1ccccc1. The van der Waals surface area contributed by atoms with E-state index in [9.17, 15) is 9.59 Å². The molecule has 1 aromatic carbocycles. The molecule has 0 N–H and O–H groups in total. The van der Waals surface area contributed by atoms with Crippen LogP contribution in [0.4, 0.5) is 5.69 Å². The van der Waals surface area contributed by atoms with E-state index >= 15 is 0 Å². The molecule has 1 unspecified atom stereocenters. The van der Waals surface area contributed by atoms with Gasteiger partial charge in [0.15, 0.2) is 5.16 Å². The minimum absolute atomic E-state index is 0.00151. The molecule has 0 aliphatic carbocycles. The molecule has 2 heterocycles. The molecule has 2 aromatic heterocycles. The molecule has 5 nitrogen and oxygen atoms in total. The number of rotatable bonds is 5. The summed E-state index contributed by atoms with van der Waals surface area (Å²) in [5.41, 5.74) is 1.49. The minimum Gasteiger partial charge on any atom is -0.312 e. The number of aromatic nitrogens is 2. The highest BCUT2D eigenvalue weighted by atomic mass is 32.2. The van der Waals surface area contributed by atoms with Crippen LogP contribution in [0.1, 0.15) is 13.8 Å². The molecule has 3 rings (SSSR count). The average Bonchev–Trinajstić information content (AvgIpc) is 3.09. The maximum absolute atomic E-state index is 12.9. The van der Waals surface area contributed by atoms with Gasteiger partial charge in [0.25, 0.3) is 5.56 Å². The van der Waals surface area contributed by atoms with Crippen LogP contribution in [-0.2, 0) is 11.8 Å². The molecule has 7 heteroatoms. The van der Waals surface area contributed by atoms with Gasteiger partial charge in [-0.05, 0) is 37.4 Å². The third-order valence-electron chi connectivity index (χ3n) is 3.93. The van der Waals surface area contributed by atoms with Crippen LogP contribution in [0.25, 0.3) is 10.2 Å². The van der Waals surface area contributed by atoms with E-state index in [4.69, 9.17) is 0 Å². The Bertz CT molecular complexity index is 950. The smallest absolute Gasteiger partial charge is 0.271 e. The highest BCUT2D eigenvalue weighted by Gasteiger charge is 2.23. The molecule has 0 fully saturated rings. The van der Waals surface area contributed by atoms with E-state index in [0.29, 0.717) is 21.9 Å². The Kier molecular flexibility index (Phi) is 5.24. The lowest BCUT2D eigenvalue weighted by molar-refractivity contribution is -0.117. The molecule has 0 bridgehead atoms. The summed E-state index contributed by atoms with van der Waals surface area (Å²) in [5.74, 6) is -0.00151. The van der Waals surface area contributed by atoms with Crippen molar-refractivity contribution in [1.82, 2.24) is 9.55 Å². The van der Waals surface area contributed by atoms with Gasteiger partial charge in [0.2, 0.25) is 5.91 Å². The Morgan fingerprint density at radius 2 is 2.04 bits per heavy atom. The van der Waals surface area contributed by atoms with Crippen LogP contribution in [0.3, 0.4) is 0 Å². The zero-order valence-electron chi connectivity index (χ0n) is 14.3. The maximum atomic E-state index is 12.9. The van der Waals surface area contributed by atoms with E-state index in [-0.39, 0.29) is 16.7 Å². The molecule has 1 amide bonds. The molecule has 0 radical (unpaired) electrons. The lowest BCUT2D eigenvalue weighted by Crippen LogP contribution is -2.36. The predicted molar refractivity (Wildman–Crippen MR) is 105 cm³/mol. The fraction of sp³-hybridized carbons (Fsp3) is 0.278. The molecule has 130 valence electrons. The van der Waals surface area contributed by atoms with Gasteiger partial charge >= 0.3 is 0 Å². The number of fused-ring (bicyclic) bond motifs is 1. The Balaban J connectivity index is 1.86. The van der Waals surface area contributed by atoms with E-state index in [0.717, 1.165) is 5.69 Å². The second-order valence-corrected chi connectivity index (χ2v) is 7.80. The van der Waals surface area contributed by atoms with Crippen LogP contribution in [0, 0.1) is 0 Å². The number of carbonyl (C=O) groups excluding carboxylic acids is 1. The van der Waals surface area contributed by atoms with Crippen molar-refractivity contribution in [2.45, 2.75) is 24.3 Å². The Labute approximate surface area is 154 Å². The van der Waals surface area contributed by atoms with E-state index in [2.05, 4.69) is 4.98 Å². The van der Waals surface area contributed by atoms with Gasteiger partial charge in [0, 0.05) is 19.3 Å². The second-order valence-electron chi connectivity index (χ2n) is 5.57. The number of anilines is 1. The Hall–Kier alpha value is -2.12. The Morgan fingerprint density at radius 3 is 2.72 bits per heavy atom. The molecule has 0 spiro atoms. The highest BCUT2D eigenvalue weighted by Crippen LogP contribution is 2.26. The molecule has 1 atom stereocenters. The summed E-state index contributed by atoms with van der Waals surface area (Å²) in [5, 5.41) is 2.06. The lowest BCUT2D eigenvalue weighted by atomic mass is 10.2. The lowest BCUT2D eigenvalue weighted by Gasteiger charge is -2.24. The van der Waals surface area contributed by atoms with Gasteiger partial charge in [-0.2, -0.15) is 0 Å². The van der Waals surface area contributed by atoms with Gasteiger partial charge in [0.05, 0.1) is 10.8 Å². The number of nitrogens with zero attached hydrogens (tertiary/aromatic N) is 3. The van der Waals surface area contributed by atoms with Crippen molar-refractivity contribution >= 4 is 44.9 Å². The minimum atomic E-state index is -0.352. The van der Waals surface area contributed by atoms with Gasteiger partial charge in [-0.3, -0.25) is 14.2 Å². The monoisotopic (exact) mass is 373 g/mol. The Morgan fingerprint density at radius 1 is 1.32 bits per heavy atom. The summed E-state index contributed by atoms with van der Waals surface area (Å²) in [6, 6.07) is 11.4. The summed E-state index contributed by atoms with van der Waals surface area (Å²) in [6.45, 7) is 4.39. The summed E-state index contributed by atoms with van der Waals surface area (Å²) in [4.78, 5) is 31.6. The largest absolute Gasteiger partial charge is 0.312 e. The number of hydrogen-bond donors (Lipinski definition) is 0. The van der Waals surface area contributed by atoms with Crippen LogP contribution in [0.15, 0.2) is 51.7 Å². The van der Waals surface area contributed by atoms with Crippen molar-refractivity contribution in [3.05, 3.63) is 52.1 Å². The van der Waals surface area contributed by atoms with Crippen LogP contribution < -0.4 is 10.5 Å². The number of hydrogen-bond acceptors (Lipinski definition) is 5. The third kappa shape index (κ3) is 3.48. The van der Waals surface area contributed by atoms with Gasteiger partial charge in [-0.1, -0.05) is 30.0 Å². The van der Waals surface area contributed by atoms with Crippen LogP contribution >= 0.6 is 23.1 Å². The second kappa shape index (κ2) is 7.41. The number of benzene rings is 1. The molecule has 0 saturated heterocycles. The fourth-order valence-corrected chi connectivity index (χ4v) is 4.32. The molecular weight excluding hydrogens is 354 g/mol. The first-order chi connectivity index (χ1) is 12.0. The normalized spacial score (nSPS) is 12.3. The average molecular weight is 374 g/mol. The van der Waals surface area contributed by atoms with Crippen molar-refractivity contribution in [2.24, 2.45) is 7.05 Å². The fourth-order valence-electron chi connectivity index (χ4n) is 2.57. The zero-order valence-corrected chi connectivity index (χ0v) is 15.9. The standard InChI is InChI=1S/C18H19N3O2S2/c1-4-21(13-8-6-5-7-9-13)16(22)12(2)25-18-19-14-10-11-24-15(14)17(23)20(18)3/h5-12H,4H2,1-3H3. The third-order valence-corrected chi connectivity index (χ3v) is 5.95. The van der Waals surface area contributed by atoms with Crippen molar-refractivity contribution in [3.63, 3.8) is 0 Å². The molecule has 0 aliphatic heterocycles. The van der Waals surface area contributed by atoms with Crippen LogP contribution in [0.2, 0.25) is 0 Å². The van der Waals surface area contributed by atoms with E-state index < -0.39 is 0 Å². The summed E-state index contributed by atoms with van der Waals surface area (Å²) < 4.78 is 2.16. The topological polar surface area (TPSA) is 55.2 Å². The number of thiophene rings is 1. The van der Waals surface area contributed by atoms with E-state index in [1.807, 2.05) is 55.6 Å². The summed E-state index contributed by atoms with van der Waals surface area (Å²) in [7, 11) is 1.70. The highest BCUT2D eigenvalue weighted by molar-refractivity contribution is 8.00. The zero-order chi connectivity index (χ0) is 18.0. The van der Waals surface area contributed by atoms with Crippen molar-refractivity contribution in [3.8, 4) is 0 Å². The number of thioether (sulfide) groups is 1. The first kappa shape index (κ1) is 17.7. The van der Waals surface area contributed by atoms with Crippen LogP contribution in [-0.4, -0.2) is 27.3 Å². The molecular formula is C18H19N3O2S2. The number of carbonyl (C=O) groups is 1. The van der Waals surface area contributed by atoms with Gasteiger partial charge in [-0.25, -0.2) is 4.98 Å². The van der Waals surface area contributed by atoms with Gasteiger partial charge in [0.1, 0.15) is 4.70 Å². The van der Waals surface area contributed by atoms with Gasteiger partial charge < -0.3 is 4.90 Å².